The van der Waals surface area contributed by atoms with E-state index in [0.717, 1.165) is 3.57 Å². The summed E-state index contributed by atoms with van der Waals surface area (Å²) in [5.74, 6) is 0.219. The smallest absolute Gasteiger partial charge is 0.337 e. The van der Waals surface area contributed by atoms with Gasteiger partial charge in [-0.3, -0.25) is 0 Å². The number of carbonyl (C=O) groups excluding carboxylic acids is 2. The first-order valence-electron chi connectivity index (χ1n) is 6.42. The van der Waals surface area contributed by atoms with Crippen molar-refractivity contribution in [3.8, 4) is 5.75 Å². The van der Waals surface area contributed by atoms with Crippen molar-refractivity contribution in [2.24, 2.45) is 0 Å². The second-order valence-corrected chi connectivity index (χ2v) is 5.48. The molecule has 7 heteroatoms. The number of ether oxygens (including phenoxy) is 2. The third-order valence-electron chi connectivity index (χ3n) is 2.76. The fourth-order valence-corrected chi connectivity index (χ4v) is 2.30. The largest absolute Gasteiger partial charge is 0.487 e. The molecule has 21 heavy (non-hydrogen) atoms. The van der Waals surface area contributed by atoms with Crippen molar-refractivity contribution in [2.45, 2.75) is 6.92 Å². The Hall–Kier alpha value is -1.77. The van der Waals surface area contributed by atoms with Gasteiger partial charge < -0.3 is 20.1 Å². The lowest BCUT2D eigenvalue weighted by atomic mass is 10.1. The molecule has 1 aromatic carbocycles. The first-order chi connectivity index (χ1) is 10.1. The Bertz CT molecular complexity index is 586. The molecule has 0 saturated heterocycles. The summed E-state index contributed by atoms with van der Waals surface area (Å²) in [4.78, 5) is 23.3. The average Bonchev–Trinajstić information content (AvgIpc) is 2.45. The summed E-state index contributed by atoms with van der Waals surface area (Å²) in [6.07, 6.45) is 0. The fourth-order valence-electron chi connectivity index (χ4n) is 1.78. The average molecular weight is 402 g/mol. The SMILES string of the molecule is CCOC(=O)C1=C(COc2cccc(I)c2)NC(=O)NC1. The van der Waals surface area contributed by atoms with Crippen molar-refractivity contribution < 1.29 is 19.1 Å². The van der Waals surface area contributed by atoms with Gasteiger partial charge in [0.1, 0.15) is 12.4 Å². The number of halogens is 1. The summed E-state index contributed by atoms with van der Waals surface area (Å²) < 4.78 is 11.6. The number of carbonyl (C=O) groups is 2. The van der Waals surface area contributed by atoms with E-state index >= 15 is 0 Å². The van der Waals surface area contributed by atoms with Crippen LogP contribution in [0.4, 0.5) is 4.79 Å². The molecule has 0 aromatic heterocycles. The van der Waals surface area contributed by atoms with E-state index in [1.54, 1.807) is 6.92 Å². The van der Waals surface area contributed by atoms with Crippen LogP contribution in [0.2, 0.25) is 0 Å². The molecule has 112 valence electrons. The number of rotatable bonds is 5. The van der Waals surface area contributed by atoms with Gasteiger partial charge in [-0.25, -0.2) is 9.59 Å². The minimum atomic E-state index is -0.453. The van der Waals surface area contributed by atoms with Crippen molar-refractivity contribution in [3.63, 3.8) is 0 Å². The van der Waals surface area contributed by atoms with E-state index in [9.17, 15) is 9.59 Å². The third kappa shape index (κ3) is 4.35. The van der Waals surface area contributed by atoms with Crippen LogP contribution in [0.1, 0.15) is 6.92 Å². The Morgan fingerprint density at radius 1 is 1.43 bits per heavy atom. The first-order valence-corrected chi connectivity index (χ1v) is 7.50. The predicted octanol–water partition coefficient (Wildman–Crippen LogP) is 1.80. The highest BCUT2D eigenvalue weighted by atomic mass is 127. The molecule has 0 fully saturated rings. The molecule has 0 spiro atoms. The number of nitrogens with one attached hydrogen (secondary N) is 2. The van der Waals surface area contributed by atoms with Gasteiger partial charge in [-0.15, -0.1) is 0 Å². The Labute approximate surface area is 136 Å². The quantitative estimate of drug-likeness (QED) is 0.582. The van der Waals surface area contributed by atoms with E-state index in [0.29, 0.717) is 17.0 Å². The van der Waals surface area contributed by atoms with Crippen molar-refractivity contribution in [1.82, 2.24) is 10.6 Å². The second kappa shape index (κ2) is 7.30. The normalized spacial score (nSPS) is 14.3. The lowest BCUT2D eigenvalue weighted by molar-refractivity contribution is -0.138. The molecule has 0 aliphatic carbocycles. The van der Waals surface area contributed by atoms with Crippen LogP contribution in [0, 0.1) is 3.57 Å². The van der Waals surface area contributed by atoms with E-state index in [1.807, 2.05) is 24.3 Å². The van der Waals surface area contributed by atoms with Crippen molar-refractivity contribution in [2.75, 3.05) is 19.8 Å². The summed E-state index contributed by atoms with van der Waals surface area (Å²) in [5, 5.41) is 5.14. The predicted molar refractivity (Wildman–Crippen MR) is 84.8 cm³/mol. The number of amides is 2. The molecule has 2 amide bonds. The van der Waals surface area contributed by atoms with Gasteiger partial charge in [-0.1, -0.05) is 6.07 Å². The molecular weight excluding hydrogens is 387 g/mol. The topological polar surface area (TPSA) is 76.7 Å². The maximum atomic E-state index is 11.9. The Morgan fingerprint density at radius 2 is 2.24 bits per heavy atom. The fraction of sp³-hybridized carbons (Fsp3) is 0.286. The molecule has 1 aliphatic heterocycles. The first kappa shape index (κ1) is 15.6. The van der Waals surface area contributed by atoms with Crippen LogP contribution >= 0.6 is 22.6 Å². The second-order valence-electron chi connectivity index (χ2n) is 4.23. The molecule has 2 N–H and O–H groups in total. The van der Waals surface area contributed by atoms with Gasteiger partial charge in [-0.05, 0) is 47.7 Å². The molecule has 0 bridgehead atoms. The van der Waals surface area contributed by atoms with E-state index in [4.69, 9.17) is 9.47 Å². The number of benzene rings is 1. The highest BCUT2D eigenvalue weighted by molar-refractivity contribution is 14.1. The standard InChI is InChI=1S/C14H15IN2O4/c1-2-20-13(18)11-7-16-14(19)17-12(11)8-21-10-5-3-4-9(15)6-10/h3-6H,2,7-8H2,1H3,(H2,16,17,19). The third-order valence-corrected chi connectivity index (χ3v) is 3.43. The van der Waals surface area contributed by atoms with E-state index < -0.39 is 5.97 Å². The van der Waals surface area contributed by atoms with Gasteiger partial charge >= 0.3 is 12.0 Å². The van der Waals surface area contributed by atoms with Gasteiger partial charge in [0.05, 0.1) is 24.4 Å². The molecule has 0 atom stereocenters. The van der Waals surface area contributed by atoms with Crippen LogP contribution in [0.25, 0.3) is 0 Å². The van der Waals surface area contributed by atoms with Gasteiger partial charge in [0, 0.05) is 3.57 Å². The number of hydrogen-bond donors (Lipinski definition) is 2. The van der Waals surface area contributed by atoms with Crippen LogP contribution in [-0.4, -0.2) is 31.8 Å². The number of hydrogen-bond acceptors (Lipinski definition) is 4. The Balaban J connectivity index is 2.12. The van der Waals surface area contributed by atoms with Crippen molar-refractivity contribution in [3.05, 3.63) is 39.1 Å². The summed E-state index contributed by atoms with van der Waals surface area (Å²) in [6, 6.07) is 7.15. The summed E-state index contributed by atoms with van der Waals surface area (Å²) in [6.45, 7) is 2.24. The zero-order valence-corrected chi connectivity index (χ0v) is 13.6. The van der Waals surface area contributed by atoms with E-state index in [2.05, 4.69) is 33.2 Å². The summed E-state index contributed by atoms with van der Waals surface area (Å²) in [5.41, 5.74) is 0.804. The molecule has 0 unspecified atom stereocenters. The van der Waals surface area contributed by atoms with Gasteiger partial charge in [0.15, 0.2) is 0 Å². The minimum absolute atomic E-state index is 0.0989. The van der Waals surface area contributed by atoms with Crippen LogP contribution in [0.15, 0.2) is 35.5 Å². The van der Waals surface area contributed by atoms with Crippen LogP contribution in [0.5, 0.6) is 5.75 Å². The lowest BCUT2D eigenvalue weighted by Gasteiger charge is -2.21. The lowest BCUT2D eigenvalue weighted by Crippen LogP contribution is -2.45. The van der Waals surface area contributed by atoms with E-state index in [1.165, 1.54) is 0 Å². The molecule has 1 aliphatic rings. The molecule has 0 radical (unpaired) electrons. The van der Waals surface area contributed by atoms with Crippen LogP contribution in [-0.2, 0) is 9.53 Å². The maximum Gasteiger partial charge on any atom is 0.337 e. The Morgan fingerprint density at radius 3 is 2.95 bits per heavy atom. The van der Waals surface area contributed by atoms with Gasteiger partial charge in [-0.2, -0.15) is 0 Å². The van der Waals surface area contributed by atoms with Crippen LogP contribution in [0.3, 0.4) is 0 Å². The molecular formula is C14H15IN2O4. The molecule has 6 nitrogen and oxygen atoms in total. The summed E-state index contributed by atoms with van der Waals surface area (Å²) in [7, 11) is 0. The summed E-state index contributed by atoms with van der Waals surface area (Å²) >= 11 is 2.18. The zero-order valence-electron chi connectivity index (χ0n) is 11.4. The van der Waals surface area contributed by atoms with Crippen molar-refractivity contribution >= 4 is 34.6 Å². The van der Waals surface area contributed by atoms with Gasteiger partial charge in [0.2, 0.25) is 0 Å². The highest BCUT2D eigenvalue weighted by Crippen LogP contribution is 2.16. The minimum Gasteiger partial charge on any atom is -0.487 e. The van der Waals surface area contributed by atoms with Crippen molar-refractivity contribution in [1.29, 1.82) is 0 Å². The van der Waals surface area contributed by atoms with Crippen LogP contribution < -0.4 is 15.4 Å². The number of urea groups is 1. The van der Waals surface area contributed by atoms with Gasteiger partial charge in [0.25, 0.3) is 0 Å². The highest BCUT2D eigenvalue weighted by Gasteiger charge is 2.23. The molecule has 0 saturated carbocycles. The van der Waals surface area contributed by atoms with E-state index in [-0.39, 0.29) is 25.8 Å². The molecule has 1 heterocycles. The number of esters is 1. The monoisotopic (exact) mass is 402 g/mol. The molecule has 2 rings (SSSR count). The zero-order chi connectivity index (χ0) is 15.2. The maximum absolute atomic E-state index is 11.9. The Kier molecular flexibility index (Phi) is 5.43. The molecule has 1 aromatic rings.